The number of hydrogen-bond donors (Lipinski definition) is 1. The number of carbonyl (C=O) groups is 1. The Morgan fingerprint density at radius 2 is 1.79 bits per heavy atom. The topological polar surface area (TPSA) is 67.6 Å². The molecule has 2 amide bonds. The van der Waals surface area contributed by atoms with Gasteiger partial charge in [-0.05, 0) is 68.7 Å². The smallest absolute Gasteiger partial charge is 0.416 e. The molecule has 2 heterocycles. The molecule has 1 fully saturated rings. The number of piperidine rings is 1. The maximum atomic E-state index is 12.7. The SMILES string of the molecule is Cc1noc(NC(=O)N2CCC(=Cc3cccc(Oc4ccc(C(F)(F)F)cc4)c3)CC2)c1C. The van der Waals surface area contributed by atoms with E-state index in [-0.39, 0.29) is 6.03 Å². The number of carbonyl (C=O) groups excluding carboxylic acids is 1. The van der Waals surface area contributed by atoms with E-state index >= 15 is 0 Å². The number of alkyl halides is 3. The quantitative estimate of drug-likeness (QED) is 0.454. The fourth-order valence-corrected chi connectivity index (χ4v) is 3.60. The summed E-state index contributed by atoms with van der Waals surface area (Å²) in [5.74, 6) is 1.23. The number of halogens is 3. The van der Waals surface area contributed by atoms with E-state index in [2.05, 4.69) is 16.5 Å². The molecule has 3 aromatic rings. The highest BCUT2D eigenvalue weighted by molar-refractivity contribution is 5.88. The summed E-state index contributed by atoms with van der Waals surface area (Å²) >= 11 is 0. The van der Waals surface area contributed by atoms with Gasteiger partial charge in [0.2, 0.25) is 5.88 Å². The second-order valence-corrected chi connectivity index (χ2v) is 8.14. The van der Waals surface area contributed by atoms with E-state index in [1.54, 1.807) is 11.0 Å². The molecule has 0 atom stereocenters. The summed E-state index contributed by atoms with van der Waals surface area (Å²) in [6, 6.07) is 11.7. The largest absolute Gasteiger partial charge is 0.457 e. The van der Waals surface area contributed by atoms with Crippen LogP contribution >= 0.6 is 0 Å². The molecule has 0 unspecified atom stereocenters. The van der Waals surface area contributed by atoms with Crippen LogP contribution in [-0.2, 0) is 6.18 Å². The van der Waals surface area contributed by atoms with E-state index in [1.165, 1.54) is 17.7 Å². The Hall–Kier alpha value is -3.75. The number of urea groups is 1. The van der Waals surface area contributed by atoms with Gasteiger partial charge >= 0.3 is 12.2 Å². The van der Waals surface area contributed by atoms with E-state index < -0.39 is 11.7 Å². The zero-order chi connectivity index (χ0) is 24.3. The molecule has 1 saturated heterocycles. The second-order valence-electron chi connectivity index (χ2n) is 8.14. The minimum Gasteiger partial charge on any atom is -0.457 e. The molecule has 1 aliphatic rings. The van der Waals surface area contributed by atoms with Crippen molar-refractivity contribution < 1.29 is 27.2 Å². The molecule has 0 aliphatic carbocycles. The molecule has 1 N–H and O–H groups in total. The number of likely N-dealkylation sites (tertiary alicyclic amines) is 1. The van der Waals surface area contributed by atoms with Crippen LogP contribution in [0, 0.1) is 13.8 Å². The number of anilines is 1. The highest BCUT2D eigenvalue weighted by Crippen LogP contribution is 2.32. The predicted octanol–water partition coefficient (Wildman–Crippen LogP) is 6.81. The molecule has 9 heteroatoms. The van der Waals surface area contributed by atoms with Gasteiger partial charge in [-0.2, -0.15) is 13.2 Å². The normalized spacial score (nSPS) is 14.1. The average molecular weight is 471 g/mol. The van der Waals surface area contributed by atoms with Crippen molar-refractivity contribution in [3.63, 3.8) is 0 Å². The standard InChI is InChI=1S/C25H24F3N3O3/c1-16-17(2)30-34-23(16)29-24(32)31-12-10-18(11-13-31)14-19-4-3-5-22(15-19)33-21-8-6-20(7-9-21)25(26,27)28/h3-9,14-15H,10-13H2,1-2H3,(H,29,32). The maximum absolute atomic E-state index is 12.7. The van der Waals surface area contributed by atoms with Gasteiger partial charge in [0.05, 0.1) is 11.3 Å². The van der Waals surface area contributed by atoms with Gasteiger partial charge < -0.3 is 14.2 Å². The van der Waals surface area contributed by atoms with Crippen molar-refractivity contribution in [2.75, 3.05) is 18.4 Å². The molecule has 6 nitrogen and oxygen atoms in total. The van der Waals surface area contributed by atoms with Crippen LogP contribution in [0.15, 0.2) is 58.6 Å². The van der Waals surface area contributed by atoms with Crippen molar-refractivity contribution in [3.8, 4) is 11.5 Å². The van der Waals surface area contributed by atoms with Crippen molar-refractivity contribution in [1.82, 2.24) is 10.1 Å². The second kappa shape index (κ2) is 9.62. The van der Waals surface area contributed by atoms with Gasteiger partial charge in [0.25, 0.3) is 0 Å². The first-order valence-electron chi connectivity index (χ1n) is 10.8. The minimum absolute atomic E-state index is 0.217. The number of nitrogens with one attached hydrogen (secondary N) is 1. The van der Waals surface area contributed by atoms with Crippen LogP contribution < -0.4 is 10.1 Å². The lowest BCUT2D eigenvalue weighted by Crippen LogP contribution is -2.39. The Morgan fingerprint density at radius 3 is 2.41 bits per heavy atom. The summed E-state index contributed by atoms with van der Waals surface area (Å²) in [6.07, 6.45) is -0.870. The van der Waals surface area contributed by atoms with Crippen molar-refractivity contribution in [2.45, 2.75) is 32.9 Å². The van der Waals surface area contributed by atoms with Crippen LogP contribution in [0.5, 0.6) is 11.5 Å². The number of benzene rings is 2. The average Bonchev–Trinajstić information content (AvgIpc) is 3.12. The molecular formula is C25H24F3N3O3. The number of hydrogen-bond acceptors (Lipinski definition) is 4. The number of aromatic nitrogens is 1. The van der Waals surface area contributed by atoms with Gasteiger partial charge in [0.1, 0.15) is 11.5 Å². The molecule has 0 saturated carbocycles. The van der Waals surface area contributed by atoms with Gasteiger partial charge in [0.15, 0.2) is 0 Å². The van der Waals surface area contributed by atoms with Gasteiger partial charge in [-0.15, -0.1) is 0 Å². The number of nitrogens with zero attached hydrogens (tertiary/aromatic N) is 2. The molecular weight excluding hydrogens is 447 g/mol. The third-order valence-corrected chi connectivity index (χ3v) is 5.72. The highest BCUT2D eigenvalue weighted by atomic mass is 19.4. The van der Waals surface area contributed by atoms with E-state index in [9.17, 15) is 18.0 Å². The Bertz CT molecular complexity index is 1190. The lowest BCUT2D eigenvalue weighted by Gasteiger charge is -2.28. The first kappa shape index (κ1) is 23.4. The van der Waals surface area contributed by atoms with Crippen molar-refractivity contribution >= 4 is 18.0 Å². The monoisotopic (exact) mass is 471 g/mol. The van der Waals surface area contributed by atoms with Crippen LogP contribution in [0.25, 0.3) is 6.08 Å². The highest BCUT2D eigenvalue weighted by Gasteiger charge is 2.30. The summed E-state index contributed by atoms with van der Waals surface area (Å²) in [5, 5.41) is 6.61. The number of rotatable bonds is 4. The third-order valence-electron chi connectivity index (χ3n) is 5.72. The number of aryl methyl sites for hydroxylation is 1. The Kier molecular flexibility index (Phi) is 6.63. The van der Waals surface area contributed by atoms with Crippen LogP contribution in [0.1, 0.15) is 35.2 Å². The van der Waals surface area contributed by atoms with E-state index in [4.69, 9.17) is 9.26 Å². The fraction of sp³-hybridized carbons (Fsp3) is 0.280. The van der Waals surface area contributed by atoms with Crippen LogP contribution in [0.3, 0.4) is 0 Å². The zero-order valence-electron chi connectivity index (χ0n) is 18.8. The molecule has 2 aromatic carbocycles. The first-order valence-corrected chi connectivity index (χ1v) is 10.8. The predicted molar refractivity (Wildman–Crippen MR) is 122 cm³/mol. The maximum Gasteiger partial charge on any atom is 0.416 e. The third kappa shape index (κ3) is 5.59. The Morgan fingerprint density at radius 1 is 1.09 bits per heavy atom. The van der Waals surface area contributed by atoms with Crippen LogP contribution in [0.2, 0.25) is 0 Å². The molecule has 0 spiro atoms. The summed E-state index contributed by atoms with van der Waals surface area (Å²) in [6.45, 7) is 4.81. The lowest BCUT2D eigenvalue weighted by atomic mass is 10.0. The number of amides is 2. The van der Waals surface area contributed by atoms with Gasteiger partial charge in [-0.3, -0.25) is 5.32 Å². The zero-order valence-corrected chi connectivity index (χ0v) is 18.8. The van der Waals surface area contributed by atoms with Crippen molar-refractivity contribution in [3.05, 3.63) is 76.5 Å². The van der Waals surface area contributed by atoms with E-state index in [1.807, 2.05) is 32.0 Å². The lowest BCUT2D eigenvalue weighted by molar-refractivity contribution is -0.137. The molecule has 1 aromatic heterocycles. The summed E-state index contributed by atoms with van der Waals surface area (Å²) < 4.78 is 49.0. The van der Waals surface area contributed by atoms with Crippen LogP contribution in [-0.4, -0.2) is 29.2 Å². The van der Waals surface area contributed by atoms with E-state index in [0.717, 1.165) is 41.8 Å². The molecule has 34 heavy (non-hydrogen) atoms. The molecule has 0 bridgehead atoms. The first-order chi connectivity index (χ1) is 16.2. The molecule has 178 valence electrons. The van der Waals surface area contributed by atoms with Crippen molar-refractivity contribution in [1.29, 1.82) is 0 Å². The summed E-state index contributed by atoms with van der Waals surface area (Å²) in [7, 11) is 0. The van der Waals surface area contributed by atoms with Gasteiger partial charge in [-0.25, -0.2) is 4.79 Å². The molecule has 1 aliphatic heterocycles. The fourth-order valence-electron chi connectivity index (χ4n) is 3.60. The summed E-state index contributed by atoms with van der Waals surface area (Å²) in [4.78, 5) is 14.3. The van der Waals surface area contributed by atoms with Gasteiger partial charge in [-0.1, -0.05) is 28.9 Å². The Balaban J connectivity index is 1.35. The molecule has 0 radical (unpaired) electrons. The van der Waals surface area contributed by atoms with Crippen molar-refractivity contribution in [2.24, 2.45) is 0 Å². The minimum atomic E-state index is -4.38. The van der Waals surface area contributed by atoms with Crippen LogP contribution in [0.4, 0.5) is 23.8 Å². The number of ether oxygens (including phenoxy) is 1. The Labute approximate surface area is 195 Å². The van der Waals surface area contributed by atoms with E-state index in [0.29, 0.717) is 30.5 Å². The molecule has 4 rings (SSSR count). The van der Waals surface area contributed by atoms with Gasteiger partial charge in [0, 0.05) is 18.7 Å². The summed E-state index contributed by atoms with van der Waals surface area (Å²) in [5.41, 5.74) is 2.95.